The van der Waals surface area contributed by atoms with Gasteiger partial charge in [-0.05, 0) is 65.3 Å². The van der Waals surface area contributed by atoms with Crippen LogP contribution >= 0.6 is 0 Å². The van der Waals surface area contributed by atoms with Crippen molar-refractivity contribution in [1.82, 2.24) is 9.88 Å². The Morgan fingerprint density at radius 3 is 2.81 bits per heavy atom. The van der Waals surface area contributed by atoms with Crippen molar-refractivity contribution in [2.45, 2.75) is 33.6 Å². The molecule has 2 aromatic rings. The summed E-state index contributed by atoms with van der Waals surface area (Å²) in [5, 5.41) is 1.06. The molecule has 1 aliphatic heterocycles. The first-order valence-electron chi connectivity index (χ1n) is 9.87. The summed E-state index contributed by atoms with van der Waals surface area (Å²) in [5.41, 5.74) is 4.88. The SMILES string of the molecule is CCOC(=O)c1cnc2c(C)cc(C)cc2c1N1CCCC(CN(C)C)C1. The monoisotopic (exact) mass is 369 g/mol. The normalized spacial score (nSPS) is 17.6. The number of rotatable bonds is 5. The average molecular weight is 370 g/mol. The van der Waals surface area contributed by atoms with Gasteiger partial charge in [-0.2, -0.15) is 0 Å². The molecule has 1 aliphatic rings. The zero-order valence-electron chi connectivity index (χ0n) is 17.2. The second-order valence-electron chi connectivity index (χ2n) is 7.94. The number of carbonyl (C=O) groups excluding carboxylic acids is 1. The number of hydrogen-bond donors (Lipinski definition) is 0. The predicted molar refractivity (Wildman–Crippen MR) is 111 cm³/mol. The average Bonchev–Trinajstić information content (AvgIpc) is 2.60. The van der Waals surface area contributed by atoms with Crippen LogP contribution < -0.4 is 4.90 Å². The zero-order valence-corrected chi connectivity index (χ0v) is 17.2. The van der Waals surface area contributed by atoms with Crippen LogP contribution in [-0.2, 0) is 4.74 Å². The molecule has 1 saturated heterocycles. The number of aryl methyl sites for hydroxylation is 2. The van der Waals surface area contributed by atoms with Gasteiger partial charge in [0.05, 0.1) is 17.8 Å². The molecule has 5 nitrogen and oxygen atoms in total. The Morgan fingerprint density at radius 2 is 2.11 bits per heavy atom. The second kappa shape index (κ2) is 8.26. The van der Waals surface area contributed by atoms with E-state index in [9.17, 15) is 4.79 Å². The molecular weight excluding hydrogens is 338 g/mol. The van der Waals surface area contributed by atoms with E-state index >= 15 is 0 Å². The molecule has 3 rings (SSSR count). The fourth-order valence-electron chi connectivity index (χ4n) is 4.28. The van der Waals surface area contributed by atoms with Crippen LogP contribution in [-0.4, -0.2) is 56.2 Å². The molecule has 0 aliphatic carbocycles. The molecule has 2 heterocycles. The first-order valence-corrected chi connectivity index (χ1v) is 9.87. The number of benzene rings is 1. The largest absolute Gasteiger partial charge is 0.462 e. The molecule has 27 heavy (non-hydrogen) atoms. The fraction of sp³-hybridized carbons (Fsp3) is 0.545. The maximum atomic E-state index is 12.7. The van der Waals surface area contributed by atoms with Crippen LogP contribution in [0.5, 0.6) is 0 Å². The topological polar surface area (TPSA) is 45.7 Å². The van der Waals surface area contributed by atoms with Crippen molar-refractivity contribution in [1.29, 1.82) is 0 Å². The van der Waals surface area contributed by atoms with E-state index in [1.165, 1.54) is 12.0 Å². The van der Waals surface area contributed by atoms with Crippen LogP contribution in [0, 0.1) is 19.8 Å². The first-order chi connectivity index (χ1) is 12.9. The predicted octanol–water partition coefficient (Wildman–Crippen LogP) is 3.81. The molecule has 1 unspecified atom stereocenters. The number of carbonyl (C=O) groups is 1. The van der Waals surface area contributed by atoms with Crippen molar-refractivity contribution < 1.29 is 9.53 Å². The minimum absolute atomic E-state index is 0.282. The van der Waals surface area contributed by atoms with Crippen LogP contribution in [0.4, 0.5) is 5.69 Å². The molecule has 1 aromatic heterocycles. The van der Waals surface area contributed by atoms with Gasteiger partial charge in [-0.15, -0.1) is 0 Å². The van der Waals surface area contributed by atoms with Gasteiger partial charge in [-0.3, -0.25) is 4.98 Å². The zero-order chi connectivity index (χ0) is 19.6. The van der Waals surface area contributed by atoms with Gasteiger partial charge in [-0.25, -0.2) is 4.79 Å². The number of hydrogen-bond acceptors (Lipinski definition) is 5. The van der Waals surface area contributed by atoms with E-state index < -0.39 is 0 Å². The van der Waals surface area contributed by atoms with Crippen LogP contribution in [0.25, 0.3) is 10.9 Å². The quantitative estimate of drug-likeness (QED) is 0.750. The van der Waals surface area contributed by atoms with Crippen LogP contribution in [0.1, 0.15) is 41.3 Å². The number of anilines is 1. The van der Waals surface area contributed by atoms with E-state index in [2.05, 4.69) is 54.9 Å². The number of nitrogens with zero attached hydrogens (tertiary/aromatic N) is 3. The number of ether oxygens (including phenoxy) is 1. The summed E-state index contributed by atoms with van der Waals surface area (Å²) in [5.74, 6) is 0.314. The highest BCUT2D eigenvalue weighted by molar-refractivity contribution is 6.06. The number of piperidine rings is 1. The summed E-state index contributed by atoms with van der Waals surface area (Å²) in [6.45, 7) is 9.37. The summed E-state index contributed by atoms with van der Waals surface area (Å²) < 4.78 is 5.35. The summed E-state index contributed by atoms with van der Waals surface area (Å²) in [6, 6.07) is 4.30. The number of pyridine rings is 1. The van der Waals surface area contributed by atoms with E-state index in [0.29, 0.717) is 18.1 Å². The van der Waals surface area contributed by atoms with Gasteiger partial charge < -0.3 is 14.5 Å². The maximum absolute atomic E-state index is 12.7. The van der Waals surface area contributed by atoms with Gasteiger partial charge in [0.1, 0.15) is 5.56 Å². The van der Waals surface area contributed by atoms with Crippen molar-refractivity contribution in [3.05, 3.63) is 35.0 Å². The lowest BCUT2D eigenvalue weighted by atomic mass is 9.95. The van der Waals surface area contributed by atoms with E-state index in [1.54, 1.807) is 6.20 Å². The van der Waals surface area contributed by atoms with Gasteiger partial charge in [0, 0.05) is 31.2 Å². The van der Waals surface area contributed by atoms with Crippen LogP contribution in [0.15, 0.2) is 18.3 Å². The maximum Gasteiger partial charge on any atom is 0.341 e. The number of esters is 1. The van der Waals surface area contributed by atoms with Crippen LogP contribution in [0.2, 0.25) is 0 Å². The van der Waals surface area contributed by atoms with Crippen LogP contribution in [0.3, 0.4) is 0 Å². The Bertz CT molecular complexity index is 832. The van der Waals surface area contributed by atoms with Gasteiger partial charge in [-0.1, -0.05) is 11.6 Å². The molecule has 0 spiro atoms. The van der Waals surface area contributed by atoms with Gasteiger partial charge in [0.25, 0.3) is 0 Å². The van der Waals surface area contributed by atoms with Gasteiger partial charge >= 0.3 is 5.97 Å². The minimum atomic E-state index is -0.282. The van der Waals surface area contributed by atoms with E-state index in [-0.39, 0.29) is 5.97 Å². The molecule has 1 atom stereocenters. The summed E-state index contributed by atoms with van der Waals surface area (Å²) >= 11 is 0. The van der Waals surface area contributed by atoms with Crippen molar-refractivity contribution >= 4 is 22.6 Å². The third-order valence-electron chi connectivity index (χ3n) is 5.23. The molecule has 1 fully saturated rings. The molecule has 146 valence electrons. The fourth-order valence-corrected chi connectivity index (χ4v) is 4.28. The number of fused-ring (bicyclic) bond motifs is 1. The standard InChI is InChI=1S/C22H31N3O2/c1-6-27-22(26)19-12-23-20-16(3)10-15(2)11-18(20)21(19)25-9-7-8-17(14-25)13-24(4)5/h10-12,17H,6-9,13-14H2,1-5H3. The van der Waals surface area contributed by atoms with Crippen molar-refractivity contribution in [3.8, 4) is 0 Å². The molecule has 5 heteroatoms. The Labute approximate surface area is 162 Å². The van der Waals surface area contributed by atoms with Gasteiger partial charge in [0.15, 0.2) is 0 Å². The molecule has 0 saturated carbocycles. The molecule has 0 bridgehead atoms. The highest BCUT2D eigenvalue weighted by Crippen LogP contribution is 2.35. The Balaban J connectivity index is 2.12. The first kappa shape index (κ1) is 19.6. The van der Waals surface area contributed by atoms with E-state index in [1.807, 2.05) is 6.92 Å². The highest BCUT2D eigenvalue weighted by Gasteiger charge is 2.27. The van der Waals surface area contributed by atoms with Crippen molar-refractivity contribution in [2.75, 3.05) is 45.2 Å². The van der Waals surface area contributed by atoms with E-state index in [4.69, 9.17) is 4.74 Å². The Morgan fingerprint density at radius 1 is 1.33 bits per heavy atom. The molecule has 0 radical (unpaired) electrons. The minimum Gasteiger partial charge on any atom is -0.462 e. The lowest BCUT2D eigenvalue weighted by Gasteiger charge is -2.37. The summed E-state index contributed by atoms with van der Waals surface area (Å²) in [7, 11) is 4.25. The number of aromatic nitrogens is 1. The summed E-state index contributed by atoms with van der Waals surface area (Å²) in [4.78, 5) is 21.9. The summed E-state index contributed by atoms with van der Waals surface area (Å²) in [6.07, 6.45) is 4.06. The smallest absolute Gasteiger partial charge is 0.341 e. The molecular formula is C22H31N3O2. The lowest BCUT2D eigenvalue weighted by molar-refractivity contribution is 0.0526. The third-order valence-corrected chi connectivity index (χ3v) is 5.23. The van der Waals surface area contributed by atoms with E-state index in [0.717, 1.165) is 48.2 Å². The Hall–Kier alpha value is -2.14. The Kier molecular flexibility index (Phi) is 6.00. The molecule has 0 amide bonds. The molecule has 1 aromatic carbocycles. The second-order valence-corrected chi connectivity index (χ2v) is 7.94. The van der Waals surface area contributed by atoms with Crippen molar-refractivity contribution in [3.63, 3.8) is 0 Å². The van der Waals surface area contributed by atoms with Gasteiger partial charge in [0.2, 0.25) is 0 Å². The lowest BCUT2D eigenvalue weighted by Crippen LogP contribution is -2.40. The highest BCUT2D eigenvalue weighted by atomic mass is 16.5. The molecule has 0 N–H and O–H groups in total. The van der Waals surface area contributed by atoms with Crippen molar-refractivity contribution in [2.24, 2.45) is 5.92 Å². The third kappa shape index (κ3) is 4.24.